The zero-order valence-electron chi connectivity index (χ0n) is 12.7. The summed E-state index contributed by atoms with van der Waals surface area (Å²) in [5, 5.41) is 2.78. The van der Waals surface area contributed by atoms with E-state index < -0.39 is 11.2 Å². The highest BCUT2D eigenvalue weighted by Crippen LogP contribution is 2.31. The van der Waals surface area contributed by atoms with Crippen LogP contribution in [0.25, 0.3) is 5.69 Å². The van der Waals surface area contributed by atoms with Gasteiger partial charge in [0.05, 0.1) is 17.4 Å². The molecule has 1 aliphatic rings. The normalized spacial score (nSPS) is 17.0. The second-order valence-electron chi connectivity index (χ2n) is 5.69. The first-order chi connectivity index (χ1) is 11.1. The lowest BCUT2D eigenvalue weighted by atomic mass is 9.79. The fourth-order valence-electron chi connectivity index (χ4n) is 2.75. The molecule has 1 amide bonds. The maximum atomic E-state index is 14.2. The molecule has 1 aliphatic heterocycles. The molecule has 122 valence electrons. The predicted octanol–water partition coefficient (Wildman–Crippen LogP) is 1.71. The van der Waals surface area contributed by atoms with Crippen LogP contribution in [0.1, 0.15) is 12.8 Å². The molecule has 0 unspecified atom stereocenters. The molecule has 2 aromatic rings. The Morgan fingerprint density at radius 3 is 2.83 bits per heavy atom. The quantitative estimate of drug-likeness (QED) is 0.899. The average molecular weight is 318 g/mol. The molecule has 1 aromatic carbocycles. The van der Waals surface area contributed by atoms with Crippen molar-refractivity contribution in [3.8, 4) is 5.69 Å². The molecule has 2 heterocycles. The van der Waals surface area contributed by atoms with Crippen LogP contribution in [0, 0.1) is 11.2 Å². The van der Waals surface area contributed by atoms with E-state index in [1.165, 1.54) is 12.4 Å². The zero-order valence-corrected chi connectivity index (χ0v) is 12.7. The van der Waals surface area contributed by atoms with Crippen molar-refractivity contribution < 1.29 is 13.9 Å². The number of aromatic nitrogens is 2. The smallest absolute Gasteiger partial charge is 0.232 e. The van der Waals surface area contributed by atoms with E-state index in [0.29, 0.717) is 37.4 Å². The Hall–Kier alpha value is -2.25. The largest absolute Gasteiger partial charge is 0.381 e. The minimum Gasteiger partial charge on any atom is -0.381 e. The fourth-order valence-corrected chi connectivity index (χ4v) is 2.75. The Bertz CT molecular complexity index is 681. The summed E-state index contributed by atoms with van der Waals surface area (Å²) in [6.07, 6.45) is 5.89. The van der Waals surface area contributed by atoms with E-state index in [4.69, 9.17) is 10.5 Å². The van der Waals surface area contributed by atoms with Crippen LogP contribution in [0.3, 0.4) is 0 Å². The van der Waals surface area contributed by atoms with Crippen LogP contribution in [-0.2, 0) is 9.53 Å². The lowest BCUT2D eigenvalue weighted by molar-refractivity contribution is -0.130. The Labute approximate surface area is 133 Å². The number of anilines is 1. The molecule has 6 nitrogen and oxygen atoms in total. The summed E-state index contributed by atoms with van der Waals surface area (Å²) >= 11 is 0. The van der Waals surface area contributed by atoms with Gasteiger partial charge in [-0.25, -0.2) is 9.37 Å². The van der Waals surface area contributed by atoms with Gasteiger partial charge in [0.2, 0.25) is 5.91 Å². The van der Waals surface area contributed by atoms with Crippen LogP contribution in [0.2, 0.25) is 0 Å². The van der Waals surface area contributed by atoms with Crippen molar-refractivity contribution in [1.82, 2.24) is 9.55 Å². The number of hydrogen-bond acceptors (Lipinski definition) is 4. The number of benzene rings is 1. The number of hydrogen-bond donors (Lipinski definition) is 2. The third-order valence-electron chi connectivity index (χ3n) is 4.31. The Morgan fingerprint density at radius 1 is 1.43 bits per heavy atom. The average Bonchev–Trinajstić information content (AvgIpc) is 3.09. The summed E-state index contributed by atoms with van der Waals surface area (Å²) in [5.74, 6) is -0.618. The Morgan fingerprint density at radius 2 is 2.22 bits per heavy atom. The first kappa shape index (κ1) is 15.6. The molecule has 3 N–H and O–H groups in total. The number of ether oxygens (including phenoxy) is 1. The molecule has 1 saturated heterocycles. The van der Waals surface area contributed by atoms with E-state index in [9.17, 15) is 9.18 Å². The third kappa shape index (κ3) is 3.11. The lowest BCUT2D eigenvalue weighted by Crippen LogP contribution is -2.46. The molecular weight excluding hydrogens is 299 g/mol. The maximum Gasteiger partial charge on any atom is 0.232 e. The molecule has 0 spiro atoms. The van der Waals surface area contributed by atoms with Crippen molar-refractivity contribution in [1.29, 1.82) is 0 Å². The van der Waals surface area contributed by atoms with Gasteiger partial charge in [0, 0.05) is 37.8 Å². The lowest BCUT2D eigenvalue weighted by Gasteiger charge is -2.34. The van der Waals surface area contributed by atoms with Crippen molar-refractivity contribution in [3.05, 3.63) is 42.7 Å². The minimum atomic E-state index is -0.641. The van der Waals surface area contributed by atoms with E-state index in [-0.39, 0.29) is 12.5 Å². The number of nitrogens with one attached hydrogen (secondary N) is 1. The molecular formula is C16H19FN4O2. The minimum absolute atomic E-state index is 0.182. The number of amides is 1. The summed E-state index contributed by atoms with van der Waals surface area (Å²) in [5.41, 5.74) is 5.96. The van der Waals surface area contributed by atoms with E-state index in [1.807, 2.05) is 0 Å². The van der Waals surface area contributed by atoms with Crippen molar-refractivity contribution in [2.75, 3.05) is 25.1 Å². The summed E-state index contributed by atoms with van der Waals surface area (Å²) in [6.45, 7) is 1.27. The van der Waals surface area contributed by atoms with Gasteiger partial charge >= 0.3 is 0 Å². The van der Waals surface area contributed by atoms with Gasteiger partial charge in [-0.15, -0.1) is 0 Å². The highest BCUT2D eigenvalue weighted by Gasteiger charge is 2.38. The fraction of sp³-hybridized carbons (Fsp3) is 0.375. The Balaban J connectivity index is 1.77. The summed E-state index contributed by atoms with van der Waals surface area (Å²) < 4.78 is 21.1. The number of carbonyl (C=O) groups is 1. The molecule has 23 heavy (non-hydrogen) atoms. The predicted molar refractivity (Wildman–Crippen MR) is 83.7 cm³/mol. The van der Waals surface area contributed by atoms with E-state index in [0.717, 1.165) is 0 Å². The van der Waals surface area contributed by atoms with Gasteiger partial charge in [0.25, 0.3) is 0 Å². The molecule has 0 bridgehead atoms. The molecule has 1 fully saturated rings. The van der Waals surface area contributed by atoms with Crippen molar-refractivity contribution >= 4 is 11.6 Å². The zero-order chi connectivity index (χ0) is 16.3. The van der Waals surface area contributed by atoms with Crippen molar-refractivity contribution in [2.24, 2.45) is 11.1 Å². The molecule has 0 atom stereocenters. The van der Waals surface area contributed by atoms with Gasteiger partial charge in [0.1, 0.15) is 5.82 Å². The van der Waals surface area contributed by atoms with Gasteiger partial charge in [-0.05, 0) is 31.0 Å². The second-order valence-corrected chi connectivity index (χ2v) is 5.69. The molecule has 3 rings (SSSR count). The van der Waals surface area contributed by atoms with Gasteiger partial charge in [0.15, 0.2) is 0 Å². The highest BCUT2D eigenvalue weighted by molar-refractivity contribution is 5.95. The first-order valence-electron chi connectivity index (χ1n) is 7.52. The van der Waals surface area contributed by atoms with Gasteiger partial charge < -0.3 is 20.4 Å². The van der Waals surface area contributed by atoms with Crippen LogP contribution in [0.5, 0.6) is 0 Å². The number of nitrogens with zero attached hydrogens (tertiary/aromatic N) is 2. The number of imidazole rings is 1. The number of rotatable bonds is 4. The second kappa shape index (κ2) is 6.47. The summed E-state index contributed by atoms with van der Waals surface area (Å²) in [6, 6.07) is 4.57. The van der Waals surface area contributed by atoms with Gasteiger partial charge in [-0.3, -0.25) is 4.79 Å². The van der Waals surface area contributed by atoms with Crippen LogP contribution in [0.4, 0.5) is 10.1 Å². The monoisotopic (exact) mass is 318 g/mol. The van der Waals surface area contributed by atoms with Crippen LogP contribution < -0.4 is 11.1 Å². The van der Waals surface area contributed by atoms with Crippen LogP contribution in [0.15, 0.2) is 36.9 Å². The SMILES string of the molecule is NCC1(C(=O)Nc2ccc(-n3ccnc3)c(F)c2)CCOCC1. The number of nitrogens with two attached hydrogens (primary N) is 1. The van der Waals surface area contributed by atoms with Gasteiger partial charge in [-0.2, -0.15) is 0 Å². The summed E-state index contributed by atoms with van der Waals surface area (Å²) in [4.78, 5) is 16.5. The standard InChI is InChI=1S/C16H19FN4O2/c17-13-9-12(1-2-14(13)21-6-5-19-11-21)20-15(22)16(10-18)3-7-23-8-4-16/h1-2,5-6,9,11H,3-4,7-8,10,18H2,(H,20,22). The molecule has 0 aliphatic carbocycles. The van der Waals surface area contributed by atoms with Gasteiger partial charge in [-0.1, -0.05) is 0 Å². The molecule has 1 aromatic heterocycles. The first-order valence-corrected chi connectivity index (χ1v) is 7.52. The molecule has 0 saturated carbocycles. The Kier molecular flexibility index (Phi) is 4.40. The molecule has 7 heteroatoms. The number of halogens is 1. The van der Waals surface area contributed by atoms with Crippen LogP contribution in [-0.4, -0.2) is 35.2 Å². The van der Waals surface area contributed by atoms with Crippen molar-refractivity contribution in [3.63, 3.8) is 0 Å². The summed E-state index contributed by atoms with van der Waals surface area (Å²) in [7, 11) is 0. The van der Waals surface area contributed by atoms with Crippen molar-refractivity contribution in [2.45, 2.75) is 12.8 Å². The molecule has 0 radical (unpaired) electrons. The third-order valence-corrected chi connectivity index (χ3v) is 4.31. The van der Waals surface area contributed by atoms with Crippen LogP contribution >= 0.6 is 0 Å². The topological polar surface area (TPSA) is 82.2 Å². The number of carbonyl (C=O) groups excluding carboxylic acids is 1. The van der Waals surface area contributed by atoms with E-state index in [1.54, 1.807) is 29.1 Å². The van der Waals surface area contributed by atoms with E-state index >= 15 is 0 Å². The maximum absolute atomic E-state index is 14.2. The highest BCUT2D eigenvalue weighted by atomic mass is 19.1. The van der Waals surface area contributed by atoms with E-state index in [2.05, 4.69) is 10.3 Å².